The lowest BCUT2D eigenvalue weighted by Crippen LogP contribution is -2.49. The van der Waals surface area contributed by atoms with Crippen LogP contribution in [0, 0.1) is 5.82 Å². The molecule has 0 saturated carbocycles. The lowest BCUT2D eigenvalue weighted by molar-refractivity contribution is 0.0740. The lowest BCUT2D eigenvalue weighted by Gasteiger charge is -2.34. The molecule has 9 heteroatoms. The van der Waals surface area contributed by atoms with Crippen LogP contribution >= 0.6 is 0 Å². The highest BCUT2D eigenvalue weighted by Crippen LogP contribution is 2.17. The summed E-state index contributed by atoms with van der Waals surface area (Å²) >= 11 is 0. The van der Waals surface area contributed by atoms with E-state index in [1.165, 1.54) is 0 Å². The second-order valence-corrected chi connectivity index (χ2v) is 6.45. The Morgan fingerprint density at radius 1 is 1.28 bits per heavy atom. The molecule has 1 N–H and O–H groups in total. The molecule has 0 aromatic carbocycles. The smallest absolute Gasteiger partial charge is 0.288 e. The number of nitrogens with zero attached hydrogens (tertiary/aromatic N) is 5. The highest BCUT2D eigenvalue weighted by molar-refractivity contribution is 5.92. The van der Waals surface area contributed by atoms with Crippen molar-refractivity contribution in [2.45, 2.75) is 19.8 Å². The fourth-order valence-corrected chi connectivity index (χ4v) is 2.80. The van der Waals surface area contributed by atoms with Crippen LogP contribution in [-0.4, -0.2) is 56.5 Å². The van der Waals surface area contributed by atoms with Crippen molar-refractivity contribution in [2.24, 2.45) is 7.05 Å². The van der Waals surface area contributed by atoms with Crippen LogP contribution in [0.4, 0.5) is 10.3 Å². The summed E-state index contributed by atoms with van der Waals surface area (Å²) in [6.07, 6.45) is 3.27. The number of H-pyrrole nitrogens is 1. The Bertz CT molecular complexity index is 835. The average molecular weight is 348 g/mol. The second-order valence-electron chi connectivity index (χ2n) is 6.45. The predicted molar refractivity (Wildman–Crippen MR) is 90.2 cm³/mol. The largest absolute Gasteiger partial charge is 0.340 e. The maximum atomic E-state index is 13.9. The van der Waals surface area contributed by atoms with Gasteiger partial charge in [0.2, 0.25) is 11.8 Å². The van der Waals surface area contributed by atoms with Crippen LogP contribution in [0.3, 0.4) is 0 Å². The van der Waals surface area contributed by atoms with Gasteiger partial charge in [-0.3, -0.25) is 14.6 Å². The van der Waals surface area contributed by atoms with E-state index >= 15 is 0 Å². The molecule has 3 heterocycles. The number of carbonyl (C=O) groups is 1. The summed E-state index contributed by atoms with van der Waals surface area (Å²) in [4.78, 5) is 38.6. The first-order valence-electron chi connectivity index (χ1n) is 8.18. The zero-order valence-corrected chi connectivity index (χ0v) is 14.5. The lowest BCUT2D eigenvalue weighted by atomic mass is 10.1. The number of nitrogens with one attached hydrogen (secondary N) is 1. The first-order valence-corrected chi connectivity index (χ1v) is 8.18. The van der Waals surface area contributed by atoms with Crippen LogP contribution in [0.1, 0.15) is 35.9 Å². The molecule has 0 spiro atoms. The molecule has 2 aromatic heterocycles. The molecule has 2 aromatic rings. The number of piperazine rings is 1. The highest BCUT2D eigenvalue weighted by Gasteiger charge is 2.25. The van der Waals surface area contributed by atoms with E-state index in [0.717, 1.165) is 0 Å². The molecule has 134 valence electrons. The zero-order chi connectivity index (χ0) is 18.1. The molecule has 0 aliphatic carbocycles. The molecule has 0 atom stereocenters. The fourth-order valence-electron chi connectivity index (χ4n) is 2.80. The van der Waals surface area contributed by atoms with Crippen LogP contribution in [0.5, 0.6) is 0 Å². The van der Waals surface area contributed by atoms with Gasteiger partial charge in [0.25, 0.3) is 11.5 Å². The van der Waals surface area contributed by atoms with Crippen LogP contribution in [-0.2, 0) is 7.05 Å². The van der Waals surface area contributed by atoms with Crippen LogP contribution in [0.2, 0.25) is 0 Å². The van der Waals surface area contributed by atoms with E-state index in [9.17, 15) is 14.0 Å². The van der Waals surface area contributed by atoms with Crippen molar-refractivity contribution in [3.63, 3.8) is 0 Å². The van der Waals surface area contributed by atoms with E-state index in [1.807, 2.05) is 11.9 Å². The van der Waals surface area contributed by atoms with E-state index in [-0.39, 0.29) is 17.5 Å². The van der Waals surface area contributed by atoms with Gasteiger partial charge < -0.3 is 14.4 Å². The van der Waals surface area contributed by atoms with Gasteiger partial charge in [-0.05, 0) is 5.92 Å². The minimum absolute atomic E-state index is 0.122. The molecule has 0 bridgehead atoms. The number of hydrogen-bond acceptors (Lipinski definition) is 5. The standard InChI is InChI=1S/C16H21FN6O2/c1-10(2)13-12(17)14(24)20-16(19-13)23-6-4-22(5-7-23)15(25)11-8-21(3)9-18-11/h8-10H,4-7H2,1-3H3,(H,19,20,24). The number of amides is 1. The summed E-state index contributed by atoms with van der Waals surface area (Å²) in [6, 6.07) is 0. The Morgan fingerprint density at radius 2 is 1.96 bits per heavy atom. The van der Waals surface area contributed by atoms with E-state index in [0.29, 0.717) is 37.8 Å². The normalized spacial score (nSPS) is 15.1. The van der Waals surface area contributed by atoms with E-state index in [1.54, 1.807) is 35.8 Å². The molecule has 1 aliphatic heterocycles. The van der Waals surface area contributed by atoms with Gasteiger partial charge >= 0.3 is 0 Å². The van der Waals surface area contributed by atoms with Crippen LogP contribution in [0.25, 0.3) is 0 Å². The van der Waals surface area contributed by atoms with E-state index < -0.39 is 11.4 Å². The maximum absolute atomic E-state index is 13.9. The third-order valence-electron chi connectivity index (χ3n) is 4.21. The van der Waals surface area contributed by atoms with Crippen molar-refractivity contribution in [3.05, 3.63) is 40.1 Å². The molecule has 0 radical (unpaired) electrons. The number of carbonyl (C=O) groups excluding carboxylic acids is 1. The molecule has 25 heavy (non-hydrogen) atoms. The summed E-state index contributed by atoms with van der Waals surface area (Å²) in [7, 11) is 1.81. The summed E-state index contributed by atoms with van der Waals surface area (Å²) < 4.78 is 15.6. The Labute approximate surface area is 144 Å². The molecular weight excluding hydrogens is 327 g/mol. The van der Waals surface area contributed by atoms with Gasteiger partial charge in [-0.1, -0.05) is 13.8 Å². The molecule has 3 rings (SSSR count). The minimum Gasteiger partial charge on any atom is -0.340 e. The first kappa shape index (κ1) is 17.1. The van der Waals surface area contributed by atoms with Crippen molar-refractivity contribution in [1.29, 1.82) is 0 Å². The minimum atomic E-state index is -0.831. The molecule has 1 amide bonds. The summed E-state index contributed by atoms with van der Waals surface area (Å²) in [6.45, 7) is 5.55. The van der Waals surface area contributed by atoms with Gasteiger partial charge in [0.15, 0.2) is 0 Å². The number of halogens is 1. The van der Waals surface area contributed by atoms with Crippen LogP contribution in [0.15, 0.2) is 17.3 Å². The summed E-state index contributed by atoms with van der Waals surface area (Å²) in [5.74, 6) is -0.792. The number of aromatic amines is 1. The van der Waals surface area contributed by atoms with Crippen molar-refractivity contribution in [1.82, 2.24) is 24.4 Å². The Hall–Kier alpha value is -2.71. The number of hydrogen-bond donors (Lipinski definition) is 1. The third-order valence-corrected chi connectivity index (χ3v) is 4.21. The fraction of sp³-hybridized carbons (Fsp3) is 0.500. The Morgan fingerprint density at radius 3 is 2.52 bits per heavy atom. The average Bonchev–Trinajstić information content (AvgIpc) is 3.03. The van der Waals surface area contributed by atoms with Gasteiger partial charge in [-0.25, -0.2) is 9.97 Å². The predicted octanol–water partition coefficient (Wildman–Crippen LogP) is 0.728. The quantitative estimate of drug-likeness (QED) is 0.884. The zero-order valence-electron chi connectivity index (χ0n) is 14.5. The van der Waals surface area contributed by atoms with Crippen molar-refractivity contribution in [3.8, 4) is 0 Å². The molecule has 8 nitrogen and oxygen atoms in total. The monoisotopic (exact) mass is 348 g/mol. The highest BCUT2D eigenvalue weighted by atomic mass is 19.1. The number of aryl methyl sites for hydroxylation is 1. The topological polar surface area (TPSA) is 87.1 Å². The van der Waals surface area contributed by atoms with E-state index in [2.05, 4.69) is 15.0 Å². The van der Waals surface area contributed by atoms with Crippen molar-refractivity contribution < 1.29 is 9.18 Å². The number of aromatic nitrogens is 4. The summed E-state index contributed by atoms with van der Waals surface area (Å²) in [5, 5.41) is 0. The molecule has 1 fully saturated rings. The maximum Gasteiger partial charge on any atom is 0.288 e. The van der Waals surface area contributed by atoms with Gasteiger partial charge in [0, 0.05) is 39.4 Å². The Kier molecular flexibility index (Phi) is 4.56. The number of imidazole rings is 1. The third kappa shape index (κ3) is 3.40. The molecule has 1 saturated heterocycles. The SMILES string of the molecule is CC(C)c1nc(N2CCN(C(=O)c3cn(C)cn3)CC2)[nH]c(=O)c1F. The Balaban J connectivity index is 1.72. The molecule has 0 unspecified atom stereocenters. The van der Waals surface area contributed by atoms with Crippen molar-refractivity contribution >= 4 is 11.9 Å². The van der Waals surface area contributed by atoms with Gasteiger partial charge in [-0.2, -0.15) is 4.39 Å². The van der Waals surface area contributed by atoms with Gasteiger partial charge in [0.05, 0.1) is 12.0 Å². The van der Waals surface area contributed by atoms with Gasteiger partial charge in [-0.15, -0.1) is 0 Å². The molecule has 1 aliphatic rings. The van der Waals surface area contributed by atoms with Crippen molar-refractivity contribution in [2.75, 3.05) is 31.1 Å². The second kappa shape index (κ2) is 6.66. The summed E-state index contributed by atoms with van der Waals surface area (Å²) in [5.41, 5.74) is -0.196. The van der Waals surface area contributed by atoms with E-state index in [4.69, 9.17) is 0 Å². The number of rotatable bonds is 3. The first-order chi connectivity index (χ1) is 11.9. The number of anilines is 1. The van der Waals surface area contributed by atoms with Crippen LogP contribution < -0.4 is 10.5 Å². The molecular formula is C16H21FN6O2. The van der Waals surface area contributed by atoms with Gasteiger partial charge in [0.1, 0.15) is 5.69 Å².